The Morgan fingerprint density at radius 1 is 1.15 bits per heavy atom. The number of pyridine rings is 1. The number of carbonyl (C=O) groups is 2. The van der Waals surface area contributed by atoms with Crippen molar-refractivity contribution in [3.63, 3.8) is 0 Å². The van der Waals surface area contributed by atoms with Crippen LogP contribution in [-0.2, 0) is 4.79 Å². The van der Waals surface area contributed by atoms with E-state index in [0.29, 0.717) is 23.4 Å². The molecule has 3 aromatic rings. The van der Waals surface area contributed by atoms with Crippen LogP contribution in [0.5, 0.6) is 5.75 Å². The van der Waals surface area contributed by atoms with E-state index in [1.165, 1.54) is 0 Å². The van der Waals surface area contributed by atoms with Gasteiger partial charge < -0.3 is 19.6 Å². The zero-order chi connectivity index (χ0) is 18.5. The van der Waals surface area contributed by atoms with Crippen LogP contribution in [-0.4, -0.2) is 41.5 Å². The van der Waals surface area contributed by atoms with Crippen LogP contribution in [0.25, 0.3) is 16.6 Å². The number of methoxy groups -OCH3 is 1. The first kappa shape index (κ1) is 17.7. The molecular formula is C20H20N2O4. The van der Waals surface area contributed by atoms with Crippen LogP contribution in [0, 0.1) is 0 Å². The van der Waals surface area contributed by atoms with Crippen molar-refractivity contribution >= 4 is 17.2 Å². The van der Waals surface area contributed by atoms with E-state index in [1.54, 1.807) is 17.7 Å². The Morgan fingerprint density at radius 2 is 1.92 bits per heavy atom. The molecule has 0 radical (unpaired) electrons. The number of carbonyl (C=O) groups excluding carboxylic acids is 2. The number of nitrogens with one attached hydrogen (secondary N) is 1. The maximum Gasteiger partial charge on any atom is 0.294 e. The number of Topliss-reactive ketones (excluding diaryl/α,β-unsaturated/α-hetero) is 1. The molecule has 0 spiro atoms. The zero-order valence-corrected chi connectivity index (χ0v) is 14.4. The number of hydrogen-bond acceptors (Lipinski definition) is 4. The largest absolute Gasteiger partial charge is 0.497 e. The average Bonchev–Trinajstić information content (AvgIpc) is 3.07. The second-order valence-electron chi connectivity index (χ2n) is 5.79. The molecule has 134 valence electrons. The molecule has 26 heavy (non-hydrogen) atoms. The third-order valence-corrected chi connectivity index (χ3v) is 4.12. The van der Waals surface area contributed by atoms with Gasteiger partial charge in [0.05, 0.1) is 7.11 Å². The number of nitrogens with zero attached hydrogens (tertiary/aromatic N) is 1. The van der Waals surface area contributed by atoms with E-state index in [4.69, 9.17) is 9.84 Å². The highest BCUT2D eigenvalue weighted by atomic mass is 16.5. The first-order chi connectivity index (χ1) is 12.7. The van der Waals surface area contributed by atoms with Gasteiger partial charge in [0.25, 0.3) is 11.7 Å². The minimum atomic E-state index is -0.683. The van der Waals surface area contributed by atoms with Gasteiger partial charge >= 0.3 is 0 Å². The van der Waals surface area contributed by atoms with E-state index in [0.717, 1.165) is 11.1 Å². The molecule has 0 unspecified atom stereocenters. The fraction of sp³-hybridized carbons (Fsp3) is 0.200. The number of aliphatic hydroxyl groups excluding tert-OH is 1. The summed E-state index contributed by atoms with van der Waals surface area (Å²) in [5, 5.41) is 11.4. The molecule has 6 nitrogen and oxygen atoms in total. The molecule has 0 aliphatic rings. The lowest BCUT2D eigenvalue weighted by Gasteiger charge is -2.08. The second kappa shape index (κ2) is 7.84. The molecule has 0 fully saturated rings. The molecule has 6 heteroatoms. The summed E-state index contributed by atoms with van der Waals surface area (Å²) in [6, 6.07) is 14.8. The number of ether oxygens (including phenoxy) is 1. The van der Waals surface area contributed by atoms with Crippen LogP contribution in [0.4, 0.5) is 0 Å². The smallest absolute Gasteiger partial charge is 0.294 e. The van der Waals surface area contributed by atoms with Crippen LogP contribution in [0.3, 0.4) is 0 Å². The van der Waals surface area contributed by atoms with E-state index in [9.17, 15) is 9.59 Å². The number of amides is 1. The summed E-state index contributed by atoms with van der Waals surface area (Å²) in [5.41, 5.74) is 2.64. The molecule has 0 atom stereocenters. The van der Waals surface area contributed by atoms with Crippen molar-refractivity contribution in [3.05, 3.63) is 60.4 Å². The molecule has 0 saturated carbocycles. The summed E-state index contributed by atoms with van der Waals surface area (Å²) in [5.74, 6) is -0.579. The average molecular weight is 352 g/mol. The summed E-state index contributed by atoms with van der Waals surface area (Å²) >= 11 is 0. The van der Waals surface area contributed by atoms with E-state index < -0.39 is 11.7 Å². The van der Waals surface area contributed by atoms with Gasteiger partial charge in [0.1, 0.15) is 11.4 Å². The van der Waals surface area contributed by atoms with Crippen molar-refractivity contribution in [2.75, 3.05) is 20.3 Å². The maximum atomic E-state index is 12.8. The highest BCUT2D eigenvalue weighted by Gasteiger charge is 2.24. The summed E-state index contributed by atoms with van der Waals surface area (Å²) in [6.45, 7) is 0.210. The van der Waals surface area contributed by atoms with Gasteiger partial charge in [-0.15, -0.1) is 0 Å². The molecule has 2 aromatic heterocycles. The fourth-order valence-corrected chi connectivity index (χ4v) is 2.81. The Morgan fingerprint density at radius 3 is 2.62 bits per heavy atom. The number of hydrogen-bond donors (Lipinski definition) is 2. The third kappa shape index (κ3) is 3.45. The number of aliphatic hydroxyl groups is 1. The Balaban J connectivity index is 2.04. The van der Waals surface area contributed by atoms with Crippen molar-refractivity contribution in [2.45, 2.75) is 6.42 Å². The summed E-state index contributed by atoms with van der Waals surface area (Å²) < 4.78 is 6.89. The van der Waals surface area contributed by atoms with Crippen molar-refractivity contribution in [3.8, 4) is 16.9 Å². The maximum absolute atomic E-state index is 12.8. The number of rotatable bonds is 7. The first-order valence-corrected chi connectivity index (χ1v) is 8.33. The lowest BCUT2D eigenvalue weighted by molar-refractivity contribution is -0.117. The van der Waals surface area contributed by atoms with E-state index >= 15 is 0 Å². The highest BCUT2D eigenvalue weighted by molar-refractivity contribution is 6.43. The van der Waals surface area contributed by atoms with E-state index in [1.807, 2.05) is 48.5 Å². The second-order valence-corrected chi connectivity index (χ2v) is 5.79. The van der Waals surface area contributed by atoms with Crippen LogP contribution in [0.2, 0.25) is 0 Å². The van der Waals surface area contributed by atoms with Crippen molar-refractivity contribution in [1.82, 2.24) is 9.72 Å². The lowest BCUT2D eigenvalue weighted by atomic mass is 10.0. The monoisotopic (exact) mass is 352 g/mol. The molecule has 2 heterocycles. The van der Waals surface area contributed by atoms with Gasteiger partial charge in [0, 0.05) is 30.4 Å². The van der Waals surface area contributed by atoms with Gasteiger partial charge in [-0.1, -0.05) is 18.2 Å². The van der Waals surface area contributed by atoms with E-state index in [2.05, 4.69) is 5.32 Å². The number of aromatic nitrogens is 1. The van der Waals surface area contributed by atoms with Crippen LogP contribution < -0.4 is 10.1 Å². The first-order valence-electron chi connectivity index (χ1n) is 8.33. The number of fused-ring (bicyclic) bond motifs is 1. The predicted octanol–water partition coefficient (Wildman–Crippen LogP) is 2.30. The zero-order valence-electron chi connectivity index (χ0n) is 14.4. The standard InChI is InChI=1S/C20H20N2O4/c1-26-16-8-6-14(7-9-16)17-13-15-5-2-3-11-22(15)18(17)19(24)20(25)21-10-4-12-23/h2-3,5-9,11,13,23H,4,10,12H2,1H3,(H,21,25). The minimum Gasteiger partial charge on any atom is -0.497 e. The molecule has 2 N–H and O–H groups in total. The molecule has 0 bridgehead atoms. The predicted molar refractivity (Wildman–Crippen MR) is 98.4 cm³/mol. The van der Waals surface area contributed by atoms with Crippen molar-refractivity contribution in [2.24, 2.45) is 0 Å². The Kier molecular flexibility index (Phi) is 5.34. The molecular weight excluding hydrogens is 332 g/mol. The summed E-state index contributed by atoms with van der Waals surface area (Å²) in [7, 11) is 1.59. The Labute approximate surface area is 151 Å². The fourth-order valence-electron chi connectivity index (χ4n) is 2.81. The van der Waals surface area contributed by atoms with Crippen molar-refractivity contribution < 1.29 is 19.4 Å². The SMILES string of the molecule is COc1ccc(-c2cc3ccccn3c2C(=O)C(=O)NCCCO)cc1. The Bertz CT molecular complexity index is 929. The molecule has 0 aliphatic carbocycles. The quantitative estimate of drug-likeness (QED) is 0.388. The number of ketones is 1. The highest BCUT2D eigenvalue weighted by Crippen LogP contribution is 2.29. The van der Waals surface area contributed by atoms with Gasteiger partial charge in [-0.05, 0) is 42.3 Å². The molecule has 0 saturated heterocycles. The number of benzene rings is 1. The molecule has 1 amide bonds. The van der Waals surface area contributed by atoms with Gasteiger partial charge in [0.2, 0.25) is 0 Å². The van der Waals surface area contributed by atoms with Crippen LogP contribution >= 0.6 is 0 Å². The molecule has 0 aliphatic heterocycles. The summed E-state index contributed by atoms with van der Waals surface area (Å²) in [4.78, 5) is 25.1. The van der Waals surface area contributed by atoms with Crippen LogP contribution in [0.15, 0.2) is 54.7 Å². The summed E-state index contributed by atoms with van der Waals surface area (Å²) in [6.07, 6.45) is 2.16. The topological polar surface area (TPSA) is 80.0 Å². The van der Waals surface area contributed by atoms with Crippen molar-refractivity contribution in [1.29, 1.82) is 0 Å². The van der Waals surface area contributed by atoms with Gasteiger partial charge in [-0.3, -0.25) is 9.59 Å². The minimum absolute atomic E-state index is 0.0420. The lowest BCUT2D eigenvalue weighted by Crippen LogP contribution is -2.33. The normalized spacial score (nSPS) is 10.7. The molecule has 3 rings (SSSR count). The molecule has 1 aromatic carbocycles. The van der Waals surface area contributed by atoms with Gasteiger partial charge in [-0.2, -0.15) is 0 Å². The van der Waals surface area contributed by atoms with Gasteiger partial charge in [-0.25, -0.2) is 0 Å². The van der Waals surface area contributed by atoms with Gasteiger partial charge in [0.15, 0.2) is 0 Å². The van der Waals surface area contributed by atoms with Crippen LogP contribution in [0.1, 0.15) is 16.9 Å². The third-order valence-electron chi connectivity index (χ3n) is 4.12. The van der Waals surface area contributed by atoms with E-state index in [-0.39, 0.29) is 13.2 Å². The Hall–Kier alpha value is -3.12.